The van der Waals surface area contributed by atoms with Gasteiger partial charge in [-0.05, 0) is 18.9 Å². The van der Waals surface area contributed by atoms with Crippen LogP contribution >= 0.6 is 0 Å². The molecule has 0 bridgehead atoms. The Morgan fingerprint density at radius 1 is 1.45 bits per heavy atom. The van der Waals surface area contributed by atoms with Crippen LogP contribution in [0.5, 0.6) is 0 Å². The summed E-state index contributed by atoms with van der Waals surface area (Å²) < 4.78 is 29.2. The fourth-order valence-corrected chi connectivity index (χ4v) is 4.78. The second-order valence-electron chi connectivity index (χ2n) is 5.22. The van der Waals surface area contributed by atoms with Crippen molar-refractivity contribution in [3.05, 3.63) is 11.3 Å². The fraction of sp³-hybridized carbons (Fsp3) is 0.692. The number of hydrogen-bond acceptors (Lipinski definition) is 5. The maximum absolute atomic E-state index is 12.2. The number of carbonyl (C=O) groups is 2. The Hall–Kier alpha value is -1.21. The van der Waals surface area contributed by atoms with Crippen LogP contribution in [0.1, 0.15) is 33.1 Å². The van der Waals surface area contributed by atoms with E-state index in [1.165, 1.54) is 7.11 Å². The number of Topliss-reactive ketones (excluding diaryl/α,β-unsaturated/α-hetero) is 1. The summed E-state index contributed by atoms with van der Waals surface area (Å²) in [5.41, 5.74) is 0.710. The van der Waals surface area contributed by atoms with Gasteiger partial charge in [-0.15, -0.1) is 0 Å². The molecule has 0 unspecified atom stereocenters. The van der Waals surface area contributed by atoms with Gasteiger partial charge < -0.3 is 4.74 Å². The summed E-state index contributed by atoms with van der Waals surface area (Å²) in [5.74, 6) is -0.791. The van der Waals surface area contributed by atoms with E-state index in [-0.39, 0.29) is 17.2 Å². The summed E-state index contributed by atoms with van der Waals surface area (Å²) >= 11 is 0. The van der Waals surface area contributed by atoms with Crippen molar-refractivity contribution < 1.29 is 22.7 Å². The Morgan fingerprint density at radius 2 is 2.10 bits per heavy atom. The molecule has 7 heteroatoms. The monoisotopic (exact) mass is 301 g/mol. The van der Waals surface area contributed by atoms with Gasteiger partial charge in [0, 0.05) is 13.5 Å². The van der Waals surface area contributed by atoms with Gasteiger partial charge in [-0.2, -0.15) is 0 Å². The molecule has 0 spiro atoms. The lowest BCUT2D eigenvalue weighted by atomic mass is 10.0. The van der Waals surface area contributed by atoms with Crippen molar-refractivity contribution in [3.8, 4) is 0 Å². The highest BCUT2D eigenvalue weighted by Crippen LogP contribution is 2.38. The zero-order valence-corrected chi connectivity index (χ0v) is 12.7. The lowest BCUT2D eigenvalue weighted by molar-refractivity contribution is -0.160. The van der Waals surface area contributed by atoms with Gasteiger partial charge in [0.25, 0.3) is 5.91 Å². The van der Waals surface area contributed by atoms with Crippen LogP contribution in [0.3, 0.4) is 0 Å². The molecule has 6 nitrogen and oxygen atoms in total. The number of ketones is 1. The number of amides is 1. The number of β-lactam (4-membered cyclic amide) rings is 1. The standard InChI is InChI=1S/C13H19NO5S/c1-4-5-6-9(15)10-8(2)7-20(17,18)13-11(19-3)12(16)14(10)13/h11,13H,4-7H2,1-3H3/t11-,13+/m0/s1. The van der Waals surface area contributed by atoms with Crippen molar-refractivity contribution in [2.24, 2.45) is 0 Å². The molecule has 0 aromatic carbocycles. The Kier molecular flexibility index (Phi) is 4.02. The summed E-state index contributed by atoms with van der Waals surface area (Å²) in [6.07, 6.45) is 0.941. The van der Waals surface area contributed by atoms with Gasteiger partial charge in [-0.1, -0.05) is 13.3 Å². The van der Waals surface area contributed by atoms with Gasteiger partial charge in [0.05, 0.1) is 11.4 Å². The highest BCUT2D eigenvalue weighted by molar-refractivity contribution is 7.92. The zero-order chi connectivity index (χ0) is 15.1. The lowest BCUT2D eigenvalue weighted by Crippen LogP contribution is -2.70. The number of methoxy groups -OCH3 is 1. The minimum atomic E-state index is -3.48. The van der Waals surface area contributed by atoms with Crippen LogP contribution in [0.2, 0.25) is 0 Å². The van der Waals surface area contributed by atoms with E-state index in [0.29, 0.717) is 12.0 Å². The predicted octanol–water partition coefficient (Wildman–Crippen LogP) is 0.631. The normalized spacial score (nSPS) is 28.1. The number of hydrogen-bond donors (Lipinski definition) is 0. The van der Waals surface area contributed by atoms with E-state index in [9.17, 15) is 18.0 Å². The summed E-state index contributed by atoms with van der Waals surface area (Å²) in [5, 5.41) is -1.04. The average molecular weight is 301 g/mol. The zero-order valence-electron chi connectivity index (χ0n) is 11.9. The summed E-state index contributed by atoms with van der Waals surface area (Å²) in [6, 6.07) is 0. The number of nitrogens with zero attached hydrogens (tertiary/aromatic N) is 1. The smallest absolute Gasteiger partial charge is 0.260 e. The van der Waals surface area contributed by atoms with E-state index in [1.54, 1.807) is 6.92 Å². The molecule has 1 fully saturated rings. The minimum absolute atomic E-state index is 0.160. The SMILES string of the molecule is CCCCC(=O)C1=C(C)CS(=O)(=O)[C@@H]2[C@@H](OC)C(=O)N12. The maximum atomic E-state index is 12.2. The second kappa shape index (κ2) is 5.29. The number of unbranched alkanes of at least 4 members (excludes halogenated alkanes) is 1. The Morgan fingerprint density at radius 3 is 2.65 bits per heavy atom. The molecule has 112 valence electrons. The van der Waals surface area contributed by atoms with Gasteiger partial charge in [0.1, 0.15) is 0 Å². The third-order valence-electron chi connectivity index (χ3n) is 3.70. The number of ether oxygens (including phenoxy) is 1. The molecule has 20 heavy (non-hydrogen) atoms. The van der Waals surface area contributed by atoms with Gasteiger partial charge in [0.2, 0.25) is 0 Å². The number of carbonyl (C=O) groups excluding carboxylic acids is 2. The molecule has 0 aromatic rings. The lowest BCUT2D eigenvalue weighted by Gasteiger charge is -2.48. The molecule has 2 heterocycles. The van der Waals surface area contributed by atoms with Crippen LogP contribution < -0.4 is 0 Å². The molecule has 2 aliphatic heterocycles. The number of rotatable bonds is 5. The van der Waals surface area contributed by atoms with Gasteiger partial charge in [-0.25, -0.2) is 8.42 Å². The molecule has 2 aliphatic rings. The van der Waals surface area contributed by atoms with Crippen molar-refractivity contribution in [3.63, 3.8) is 0 Å². The number of sulfone groups is 1. The molecule has 0 saturated carbocycles. The number of allylic oxidation sites excluding steroid dienone is 1. The third kappa shape index (κ3) is 2.18. The molecule has 1 saturated heterocycles. The topological polar surface area (TPSA) is 80.7 Å². The molecule has 0 N–H and O–H groups in total. The van der Waals surface area contributed by atoms with Crippen LogP contribution in [0, 0.1) is 0 Å². The van der Waals surface area contributed by atoms with E-state index >= 15 is 0 Å². The molecular weight excluding hydrogens is 282 g/mol. The minimum Gasteiger partial charge on any atom is -0.368 e. The summed E-state index contributed by atoms with van der Waals surface area (Å²) in [6.45, 7) is 3.57. The molecule has 0 radical (unpaired) electrons. The van der Waals surface area contributed by atoms with Gasteiger partial charge >= 0.3 is 0 Å². The van der Waals surface area contributed by atoms with Crippen LogP contribution in [-0.4, -0.2) is 49.3 Å². The second-order valence-corrected chi connectivity index (χ2v) is 7.32. The predicted molar refractivity (Wildman–Crippen MR) is 72.4 cm³/mol. The Labute approximate surface area is 118 Å². The Balaban J connectivity index is 2.37. The molecule has 0 aliphatic carbocycles. The highest BCUT2D eigenvalue weighted by Gasteiger charge is 2.59. The summed E-state index contributed by atoms with van der Waals surface area (Å²) in [7, 11) is -2.18. The molecule has 2 atom stereocenters. The van der Waals surface area contributed by atoms with Crippen LogP contribution in [0.15, 0.2) is 11.3 Å². The first-order valence-corrected chi connectivity index (χ1v) is 8.37. The number of fused-ring (bicyclic) bond motifs is 1. The molecule has 0 aromatic heterocycles. The van der Waals surface area contributed by atoms with Crippen molar-refractivity contribution in [1.82, 2.24) is 4.90 Å². The van der Waals surface area contributed by atoms with Crippen molar-refractivity contribution in [2.75, 3.05) is 12.9 Å². The van der Waals surface area contributed by atoms with Gasteiger partial charge in [0.15, 0.2) is 27.1 Å². The van der Waals surface area contributed by atoms with Crippen molar-refractivity contribution in [1.29, 1.82) is 0 Å². The molecular formula is C13H19NO5S. The molecule has 1 amide bonds. The van der Waals surface area contributed by atoms with Crippen LogP contribution in [0.25, 0.3) is 0 Å². The highest BCUT2D eigenvalue weighted by atomic mass is 32.2. The van der Waals surface area contributed by atoms with E-state index < -0.39 is 27.2 Å². The van der Waals surface area contributed by atoms with Crippen LogP contribution in [-0.2, 0) is 24.2 Å². The van der Waals surface area contributed by atoms with E-state index in [1.807, 2.05) is 6.92 Å². The third-order valence-corrected chi connectivity index (χ3v) is 5.73. The summed E-state index contributed by atoms with van der Waals surface area (Å²) in [4.78, 5) is 25.3. The van der Waals surface area contributed by atoms with E-state index in [2.05, 4.69) is 0 Å². The average Bonchev–Trinajstić information content (AvgIpc) is 2.36. The molecule has 2 rings (SSSR count). The largest absolute Gasteiger partial charge is 0.368 e. The van der Waals surface area contributed by atoms with Gasteiger partial charge in [-0.3, -0.25) is 14.5 Å². The van der Waals surface area contributed by atoms with E-state index in [0.717, 1.165) is 17.7 Å². The first-order valence-electron chi connectivity index (χ1n) is 6.65. The maximum Gasteiger partial charge on any atom is 0.260 e. The van der Waals surface area contributed by atoms with Crippen molar-refractivity contribution in [2.45, 2.75) is 44.6 Å². The fourth-order valence-electron chi connectivity index (χ4n) is 2.73. The Bertz CT molecular complexity index is 578. The van der Waals surface area contributed by atoms with Crippen LogP contribution in [0.4, 0.5) is 0 Å². The first kappa shape index (κ1) is 15.2. The van der Waals surface area contributed by atoms with E-state index in [4.69, 9.17) is 4.74 Å². The quantitative estimate of drug-likeness (QED) is 0.696. The first-order chi connectivity index (χ1) is 9.35. The van der Waals surface area contributed by atoms with Crippen molar-refractivity contribution >= 4 is 21.5 Å².